The summed E-state index contributed by atoms with van der Waals surface area (Å²) in [4.78, 5) is 23.4. The number of amides is 2. The van der Waals surface area contributed by atoms with Crippen molar-refractivity contribution in [2.75, 3.05) is 31.1 Å². The van der Waals surface area contributed by atoms with Crippen LogP contribution in [0, 0.1) is 11.3 Å². The van der Waals surface area contributed by atoms with Crippen LogP contribution in [0.25, 0.3) is 10.9 Å². The summed E-state index contributed by atoms with van der Waals surface area (Å²) in [5.41, 5.74) is 1.54. The third kappa shape index (κ3) is 3.61. The molecule has 9 nitrogen and oxygen atoms in total. The number of hydrogen-bond acceptors (Lipinski definition) is 6. The maximum absolute atomic E-state index is 13.5. The van der Waals surface area contributed by atoms with Gasteiger partial charge >= 0.3 is 12.2 Å². The predicted molar refractivity (Wildman–Crippen MR) is 123 cm³/mol. The van der Waals surface area contributed by atoms with Crippen LogP contribution in [0.3, 0.4) is 0 Å². The molecule has 2 fully saturated rings. The Kier molecular flexibility index (Phi) is 5.05. The van der Waals surface area contributed by atoms with Crippen molar-refractivity contribution in [3.05, 3.63) is 46.6 Å². The minimum atomic E-state index is -4.59. The largest absolute Gasteiger partial charge is 0.451 e. The molecule has 36 heavy (non-hydrogen) atoms. The summed E-state index contributed by atoms with van der Waals surface area (Å²) in [7, 11) is 0. The van der Waals surface area contributed by atoms with E-state index in [0.717, 1.165) is 34.0 Å². The van der Waals surface area contributed by atoms with E-state index in [2.05, 4.69) is 26.2 Å². The van der Waals surface area contributed by atoms with Crippen molar-refractivity contribution in [3.63, 3.8) is 0 Å². The molecule has 2 aromatic heterocycles. The van der Waals surface area contributed by atoms with Crippen molar-refractivity contribution in [2.45, 2.75) is 37.6 Å². The average molecular weight is 517 g/mol. The Labute approximate surface area is 208 Å². The van der Waals surface area contributed by atoms with Gasteiger partial charge in [-0.05, 0) is 31.0 Å². The van der Waals surface area contributed by atoms with Crippen molar-refractivity contribution in [1.29, 1.82) is 5.26 Å². The molecule has 1 aromatic carbocycles. The van der Waals surface area contributed by atoms with Crippen molar-refractivity contribution in [1.82, 2.24) is 29.5 Å². The van der Waals surface area contributed by atoms with Crippen LogP contribution in [-0.4, -0.2) is 67.3 Å². The van der Waals surface area contributed by atoms with Crippen LogP contribution in [0.5, 0.6) is 0 Å². The fourth-order valence-corrected chi connectivity index (χ4v) is 5.49. The molecule has 1 aliphatic carbocycles. The SMILES string of the molecule is N#Cc1cnc2ccc(Cl)cc2c1N1CCN(C(=O)N2CCn3c(nnc3C(F)(F)F)C2)C2(CC2)C1. The van der Waals surface area contributed by atoms with Crippen molar-refractivity contribution >= 4 is 34.2 Å². The molecule has 1 saturated heterocycles. The number of carbonyl (C=O) groups is 1. The number of aromatic nitrogens is 4. The zero-order chi connectivity index (χ0) is 25.2. The highest BCUT2D eigenvalue weighted by atomic mass is 35.5. The maximum atomic E-state index is 13.5. The van der Waals surface area contributed by atoms with Crippen LogP contribution in [-0.2, 0) is 19.3 Å². The van der Waals surface area contributed by atoms with Gasteiger partial charge in [-0.2, -0.15) is 18.4 Å². The summed E-state index contributed by atoms with van der Waals surface area (Å²) >= 11 is 6.25. The molecule has 1 saturated carbocycles. The molecule has 13 heteroatoms. The number of benzene rings is 1. The molecule has 6 rings (SSSR count). The first-order valence-corrected chi connectivity index (χ1v) is 11.9. The quantitative estimate of drug-likeness (QED) is 0.490. The number of nitriles is 1. The van der Waals surface area contributed by atoms with Gasteiger partial charge in [-0.1, -0.05) is 11.6 Å². The fraction of sp³-hybridized carbons (Fsp3) is 0.435. The summed E-state index contributed by atoms with van der Waals surface area (Å²) in [5.74, 6) is -0.904. The van der Waals surface area contributed by atoms with E-state index in [4.69, 9.17) is 11.6 Å². The van der Waals surface area contributed by atoms with Gasteiger partial charge in [0, 0.05) is 49.3 Å². The topological polar surface area (TPSA) is 94.2 Å². The minimum Gasteiger partial charge on any atom is -0.366 e. The Morgan fingerprint density at radius 1 is 1.14 bits per heavy atom. The molecule has 186 valence electrons. The zero-order valence-corrected chi connectivity index (χ0v) is 19.7. The van der Waals surface area contributed by atoms with Gasteiger partial charge in [0.2, 0.25) is 5.82 Å². The van der Waals surface area contributed by atoms with E-state index in [1.165, 1.54) is 0 Å². The molecule has 3 aliphatic rings. The summed E-state index contributed by atoms with van der Waals surface area (Å²) < 4.78 is 40.5. The van der Waals surface area contributed by atoms with Gasteiger partial charge in [-0.25, -0.2) is 4.79 Å². The highest BCUT2D eigenvalue weighted by molar-refractivity contribution is 6.31. The molecule has 4 heterocycles. The molecular weight excluding hydrogens is 497 g/mol. The van der Waals surface area contributed by atoms with E-state index in [1.54, 1.807) is 23.2 Å². The summed E-state index contributed by atoms with van der Waals surface area (Å²) in [6.07, 6.45) is -1.41. The summed E-state index contributed by atoms with van der Waals surface area (Å²) in [5, 5.41) is 18.1. The first kappa shape index (κ1) is 22.8. The lowest BCUT2D eigenvalue weighted by atomic mass is 10.0. The Bertz CT molecular complexity index is 1430. The second-order valence-electron chi connectivity index (χ2n) is 9.38. The number of urea groups is 1. The lowest BCUT2D eigenvalue weighted by Crippen LogP contribution is -2.60. The number of alkyl halides is 3. The van der Waals surface area contributed by atoms with E-state index in [1.807, 2.05) is 11.0 Å². The van der Waals surface area contributed by atoms with Gasteiger partial charge in [0.05, 0.1) is 28.9 Å². The molecule has 0 radical (unpaired) electrons. The predicted octanol–water partition coefficient (Wildman–Crippen LogP) is 3.66. The molecule has 2 aliphatic heterocycles. The maximum Gasteiger partial charge on any atom is 0.451 e. The van der Waals surface area contributed by atoms with Gasteiger partial charge < -0.3 is 19.3 Å². The third-order valence-electron chi connectivity index (χ3n) is 7.22. The second-order valence-corrected chi connectivity index (χ2v) is 9.82. The molecule has 2 amide bonds. The Morgan fingerprint density at radius 3 is 2.67 bits per heavy atom. The summed E-state index contributed by atoms with van der Waals surface area (Å²) in [6, 6.07) is 7.39. The molecule has 0 atom stereocenters. The highest BCUT2D eigenvalue weighted by Gasteiger charge is 2.54. The molecular formula is C23H20ClF3N8O. The second kappa shape index (κ2) is 7.96. The number of pyridine rings is 1. The number of fused-ring (bicyclic) bond motifs is 2. The summed E-state index contributed by atoms with van der Waals surface area (Å²) in [6.45, 7) is 1.58. The average Bonchev–Trinajstić information content (AvgIpc) is 3.46. The van der Waals surface area contributed by atoms with E-state index >= 15 is 0 Å². The van der Waals surface area contributed by atoms with Gasteiger partial charge in [0.15, 0.2) is 5.82 Å². The number of piperazine rings is 1. The Hall–Kier alpha value is -3.59. The number of halogens is 4. The van der Waals surface area contributed by atoms with Gasteiger partial charge in [-0.15, -0.1) is 10.2 Å². The van der Waals surface area contributed by atoms with Crippen LogP contribution in [0.15, 0.2) is 24.4 Å². The highest BCUT2D eigenvalue weighted by Crippen LogP contribution is 2.47. The van der Waals surface area contributed by atoms with Crippen molar-refractivity contribution < 1.29 is 18.0 Å². The standard InChI is InChI=1S/C23H20ClF3N8O/c24-15-1-2-17-16(9-15)19(14(10-28)11-29-17)33-6-8-35(22(13-33)3-4-22)21(36)32-5-7-34-18(12-32)30-31-20(34)23(25,26)27/h1-2,9,11H,3-8,12-13H2. The van der Waals surface area contributed by atoms with Crippen molar-refractivity contribution in [3.8, 4) is 6.07 Å². The number of hydrogen-bond donors (Lipinski definition) is 0. The Morgan fingerprint density at radius 2 is 1.94 bits per heavy atom. The van der Waals surface area contributed by atoms with E-state index in [0.29, 0.717) is 30.2 Å². The van der Waals surface area contributed by atoms with Crippen LogP contribution < -0.4 is 4.90 Å². The molecule has 1 spiro atoms. The smallest absolute Gasteiger partial charge is 0.366 e. The fourth-order valence-electron chi connectivity index (χ4n) is 5.31. The van der Waals surface area contributed by atoms with Gasteiger partial charge in [0.25, 0.3) is 0 Å². The first-order valence-electron chi connectivity index (χ1n) is 11.5. The van der Waals surface area contributed by atoms with E-state index in [-0.39, 0.29) is 31.5 Å². The first-order chi connectivity index (χ1) is 17.2. The van der Waals surface area contributed by atoms with E-state index in [9.17, 15) is 23.2 Å². The lowest BCUT2D eigenvalue weighted by Gasteiger charge is -2.45. The molecule has 0 unspecified atom stereocenters. The number of carbonyl (C=O) groups excluding carboxylic acids is 1. The number of nitrogens with zero attached hydrogens (tertiary/aromatic N) is 8. The molecule has 0 N–H and O–H groups in total. The number of anilines is 1. The van der Waals surface area contributed by atoms with Crippen LogP contribution in [0.4, 0.5) is 23.7 Å². The lowest BCUT2D eigenvalue weighted by molar-refractivity contribution is -0.147. The zero-order valence-electron chi connectivity index (χ0n) is 19.0. The normalized spacial score (nSPS) is 18.9. The van der Waals surface area contributed by atoms with E-state index < -0.39 is 17.5 Å². The number of rotatable bonds is 1. The van der Waals surface area contributed by atoms with Crippen LogP contribution in [0.2, 0.25) is 5.02 Å². The van der Waals surface area contributed by atoms with Crippen molar-refractivity contribution in [2.24, 2.45) is 0 Å². The monoisotopic (exact) mass is 516 g/mol. The van der Waals surface area contributed by atoms with Gasteiger partial charge in [0.1, 0.15) is 6.07 Å². The molecule has 3 aromatic rings. The van der Waals surface area contributed by atoms with Gasteiger partial charge in [-0.3, -0.25) is 4.98 Å². The Balaban J connectivity index is 1.25. The van der Waals surface area contributed by atoms with Crippen LogP contribution >= 0.6 is 11.6 Å². The van der Waals surface area contributed by atoms with Crippen LogP contribution in [0.1, 0.15) is 30.1 Å². The minimum absolute atomic E-state index is 0.00875. The third-order valence-corrected chi connectivity index (χ3v) is 7.46. The molecule has 0 bridgehead atoms.